The van der Waals surface area contributed by atoms with E-state index in [0.717, 1.165) is 21.3 Å². The van der Waals surface area contributed by atoms with Crippen molar-refractivity contribution in [2.24, 2.45) is 11.8 Å². The Labute approximate surface area is 130 Å². The maximum Gasteiger partial charge on any atom is 0.0551 e. The molecule has 1 aromatic carbocycles. The van der Waals surface area contributed by atoms with E-state index in [-0.39, 0.29) is 0 Å². The van der Waals surface area contributed by atoms with E-state index < -0.39 is 0 Å². The Kier molecular flexibility index (Phi) is 5.73. The van der Waals surface area contributed by atoms with Gasteiger partial charge in [-0.3, -0.25) is 0 Å². The molecule has 0 aromatic heterocycles. The minimum Gasteiger partial charge on any atom is -0.313 e. The molecule has 1 aliphatic carbocycles. The molecule has 1 aliphatic rings. The van der Waals surface area contributed by atoms with Gasteiger partial charge in [-0.25, -0.2) is 0 Å². The number of hydrogen-bond acceptors (Lipinski definition) is 1. The minimum absolute atomic E-state index is 0.434. The van der Waals surface area contributed by atoms with E-state index in [1.165, 1.54) is 37.7 Å². The molecule has 1 nitrogen and oxygen atoms in total. The largest absolute Gasteiger partial charge is 0.313 e. The summed E-state index contributed by atoms with van der Waals surface area (Å²) in [6.07, 6.45) is 6.75. The molecule has 1 unspecified atom stereocenters. The molecule has 1 fully saturated rings. The van der Waals surface area contributed by atoms with Gasteiger partial charge in [-0.1, -0.05) is 43.9 Å². The Balaban J connectivity index is 2.09. The van der Waals surface area contributed by atoms with Crippen molar-refractivity contribution in [3.63, 3.8) is 0 Å². The topological polar surface area (TPSA) is 12.0 Å². The first kappa shape index (κ1) is 15.3. The fourth-order valence-corrected chi connectivity index (χ4v) is 3.75. The first-order valence-corrected chi connectivity index (χ1v) is 8.45. The lowest BCUT2D eigenvalue weighted by atomic mass is 9.76. The summed E-state index contributed by atoms with van der Waals surface area (Å²) in [4.78, 5) is 0. The van der Waals surface area contributed by atoms with Gasteiger partial charge in [0.25, 0.3) is 0 Å². The summed E-state index contributed by atoms with van der Waals surface area (Å²) in [6, 6.07) is 6.77. The highest BCUT2D eigenvalue weighted by molar-refractivity contribution is 9.10. The predicted octanol–water partition coefficient (Wildman–Crippen LogP) is 5.58. The zero-order valence-electron chi connectivity index (χ0n) is 11.8. The van der Waals surface area contributed by atoms with Crippen LogP contribution < -0.4 is 5.32 Å². The molecule has 1 N–H and O–H groups in total. The smallest absolute Gasteiger partial charge is 0.0551 e. The second-order valence-electron chi connectivity index (χ2n) is 5.63. The van der Waals surface area contributed by atoms with Crippen molar-refractivity contribution in [2.45, 2.75) is 45.1 Å². The number of nitrogens with one attached hydrogen (secondary N) is 1. The Morgan fingerprint density at radius 1 is 1.32 bits per heavy atom. The highest BCUT2D eigenvalue weighted by atomic mass is 79.9. The van der Waals surface area contributed by atoms with Gasteiger partial charge in [0.15, 0.2) is 0 Å². The van der Waals surface area contributed by atoms with Crippen molar-refractivity contribution in [2.75, 3.05) is 7.05 Å². The second-order valence-corrected chi connectivity index (χ2v) is 6.89. The lowest BCUT2D eigenvalue weighted by molar-refractivity contribution is 0.224. The molecule has 0 bridgehead atoms. The highest BCUT2D eigenvalue weighted by Crippen LogP contribution is 2.38. The third-order valence-electron chi connectivity index (χ3n) is 4.55. The van der Waals surface area contributed by atoms with E-state index in [1.807, 2.05) is 0 Å². The van der Waals surface area contributed by atoms with Crippen LogP contribution >= 0.6 is 27.5 Å². The molecular weight excluding hydrogens is 322 g/mol. The van der Waals surface area contributed by atoms with Crippen LogP contribution in [-0.2, 0) is 0 Å². The summed E-state index contributed by atoms with van der Waals surface area (Å²) in [5.41, 5.74) is 1.32. The normalized spacial score (nSPS) is 25.3. The molecule has 1 saturated carbocycles. The maximum atomic E-state index is 6.22. The first-order chi connectivity index (χ1) is 9.15. The monoisotopic (exact) mass is 343 g/mol. The number of hydrogen-bond donors (Lipinski definition) is 1. The molecule has 0 heterocycles. The summed E-state index contributed by atoms with van der Waals surface area (Å²) in [5, 5.41) is 4.30. The zero-order chi connectivity index (χ0) is 13.8. The summed E-state index contributed by atoms with van der Waals surface area (Å²) in [5.74, 6) is 1.69. The summed E-state index contributed by atoms with van der Waals surface area (Å²) in [6.45, 7) is 2.31. The molecule has 2 rings (SSSR count). The van der Waals surface area contributed by atoms with Crippen LogP contribution in [0.3, 0.4) is 0 Å². The predicted molar refractivity (Wildman–Crippen MR) is 86.7 cm³/mol. The number of halogens is 2. The minimum atomic E-state index is 0.434. The van der Waals surface area contributed by atoms with Gasteiger partial charge in [-0.2, -0.15) is 0 Å². The summed E-state index contributed by atoms with van der Waals surface area (Å²) in [7, 11) is 2.06. The van der Waals surface area contributed by atoms with Gasteiger partial charge < -0.3 is 5.32 Å². The van der Waals surface area contributed by atoms with E-state index in [9.17, 15) is 0 Å². The molecule has 1 atom stereocenters. The van der Waals surface area contributed by atoms with Gasteiger partial charge in [-0.05, 0) is 65.4 Å². The van der Waals surface area contributed by atoms with E-state index in [1.54, 1.807) is 0 Å². The van der Waals surface area contributed by atoms with Gasteiger partial charge in [0.2, 0.25) is 0 Å². The van der Waals surface area contributed by atoms with Gasteiger partial charge in [-0.15, -0.1) is 0 Å². The van der Waals surface area contributed by atoms with Crippen LogP contribution in [-0.4, -0.2) is 7.05 Å². The maximum absolute atomic E-state index is 6.22. The molecular formula is C16H23BrClN. The average molecular weight is 345 g/mol. The van der Waals surface area contributed by atoms with Crippen molar-refractivity contribution in [3.05, 3.63) is 33.3 Å². The molecule has 1 aromatic rings. The van der Waals surface area contributed by atoms with Crippen molar-refractivity contribution < 1.29 is 0 Å². The second kappa shape index (κ2) is 7.10. The van der Waals surface area contributed by atoms with Crippen molar-refractivity contribution in [1.29, 1.82) is 0 Å². The zero-order valence-corrected chi connectivity index (χ0v) is 14.1. The van der Waals surface area contributed by atoms with Crippen molar-refractivity contribution in [1.82, 2.24) is 5.32 Å². The first-order valence-electron chi connectivity index (χ1n) is 7.28. The Bertz CT molecular complexity index is 413. The third-order valence-corrected chi connectivity index (χ3v) is 5.79. The third kappa shape index (κ3) is 3.74. The fourth-order valence-electron chi connectivity index (χ4n) is 3.31. The van der Waals surface area contributed by atoms with Crippen LogP contribution in [0.25, 0.3) is 0 Å². The van der Waals surface area contributed by atoms with E-state index in [0.29, 0.717) is 6.04 Å². The van der Waals surface area contributed by atoms with Gasteiger partial charge in [0.05, 0.1) is 5.02 Å². The standard InChI is InChI=1S/C16H23BrClN/c1-3-11-4-6-12(7-5-11)16(19-2)13-8-9-14(17)15(18)10-13/h8-12,16,19H,3-7H2,1-2H3. The summed E-state index contributed by atoms with van der Waals surface area (Å²) < 4.78 is 0.975. The van der Waals surface area contributed by atoms with Gasteiger partial charge in [0, 0.05) is 10.5 Å². The summed E-state index contributed by atoms with van der Waals surface area (Å²) >= 11 is 9.69. The van der Waals surface area contributed by atoms with Crippen LogP contribution in [0, 0.1) is 11.8 Å². The van der Waals surface area contributed by atoms with Crippen LogP contribution in [0.5, 0.6) is 0 Å². The fraction of sp³-hybridized carbons (Fsp3) is 0.625. The van der Waals surface area contributed by atoms with Gasteiger partial charge in [0.1, 0.15) is 0 Å². The molecule has 3 heteroatoms. The Morgan fingerprint density at radius 2 is 2.00 bits per heavy atom. The van der Waals surface area contributed by atoms with Gasteiger partial charge >= 0.3 is 0 Å². The van der Waals surface area contributed by atoms with Crippen molar-refractivity contribution in [3.8, 4) is 0 Å². The Hall–Kier alpha value is -0.0500. The SMILES string of the molecule is CCC1CCC(C(NC)c2ccc(Br)c(Cl)c2)CC1. The molecule has 19 heavy (non-hydrogen) atoms. The molecule has 0 radical (unpaired) electrons. The molecule has 0 amide bonds. The quantitative estimate of drug-likeness (QED) is 0.752. The van der Waals surface area contributed by atoms with E-state index in [2.05, 4.69) is 53.4 Å². The lowest BCUT2D eigenvalue weighted by Crippen LogP contribution is -2.28. The number of rotatable bonds is 4. The van der Waals surface area contributed by atoms with E-state index >= 15 is 0 Å². The van der Waals surface area contributed by atoms with Crippen LogP contribution in [0.2, 0.25) is 5.02 Å². The molecule has 0 aliphatic heterocycles. The molecule has 106 valence electrons. The Morgan fingerprint density at radius 3 is 2.53 bits per heavy atom. The molecule has 0 saturated heterocycles. The number of benzene rings is 1. The lowest BCUT2D eigenvalue weighted by Gasteiger charge is -2.34. The van der Waals surface area contributed by atoms with Crippen LogP contribution in [0.1, 0.15) is 50.6 Å². The molecule has 0 spiro atoms. The van der Waals surface area contributed by atoms with Crippen LogP contribution in [0.15, 0.2) is 22.7 Å². The highest BCUT2D eigenvalue weighted by Gasteiger charge is 2.27. The van der Waals surface area contributed by atoms with Crippen molar-refractivity contribution >= 4 is 27.5 Å². The van der Waals surface area contributed by atoms with E-state index in [4.69, 9.17) is 11.6 Å². The average Bonchev–Trinajstić information content (AvgIpc) is 2.44. The van der Waals surface area contributed by atoms with Crippen LogP contribution in [0.4, 0.5) is 0 Å².